The minimum Gasteiger partial charge on any atom is -0.388 e. The number of hydrogen-bond donors (Lipinski definition) is 1. The molecule has 4 rings (SSSR count). The Labute approximate surface area is 169 Å². The number of amides is 2. The highest BCUT2D eigenvalue weighted by molar-refractivity contribution is 5.95. The van der Waals surface area contributed by atoms with E-state index in [-0.39, 0.29) is 41.6 Å². The average molecular weight is 402 g/mol. The fourth-order valence-corrected chi connectivity index (χ4v) is 4.32. The Morgan fingerprint density at radius 3 is 2.52 bits per heavy atom. The van der Waals surface area contributed by atoms with Crippen molar-refractivity contribution in [1.82, 2.24) is 15.1 Å². The maximum atomic E-state index is 13.1. The Hall–Kier alpha value is -2.64. The van der Waals surface area contributed by atoms with Crippen LogP contribution in [-0.4, -0.2) is 65.8 Å². The van der Waals surface area contributed by atoms with E-state index in [1.807, 2.05) is 13.8 Å². The maximum absolute atomic E-state index is 13.1. The number of nitrogens with zero attached hydrogens (tertiary/aromatic N) is 3. The topological polar surface area (TPSA) is 74.2 Å². The van der Waals surface area contributed by atoms with E-state index in [1.165, 1.54) is 24.3 Å². The highest BCUT2D eigenvalue weighted by atomic mass is 19.1. The lowest BCUT2D eigenvalue weighted by Gasteiger charge is -2.34. The maximum Gasteiger partial charge on any atom is 0.254 e. The molecular weight excluding hydrogens is 375 g/mol. The number of rotatable bonds is 3. The number of carbonyl (C=O) groups is 2. The molecule has 0 aromatic heterocycles. The van der Waals surface area contributed by atoms with Crippen LogP contribution in [0.3, 0.4) is 0 Å². The zero-order valence-electron chi connectivity index (χ0n) is 16.8. The van der Waals surface area contributed by atoms with Crippen LogP contribution in [0.4, 0.5) is 4.39 Å². The molecule has 0 aliphatic carbocycles. The third kappa shape index (κ3) is 4.06. The van der Waals surface area contributed by atoms with Gasteiger partial charge in [0.25, 0.3) is 5.91 Å². The van der Waals surface area contributed by atoms with Gasteiger partial charge in [0.15, 0.2) is 11.9 Å². The van der Waals surface area contributed by atoms with Crippen molar-refractivity contribution in [1.29, 1.82) is 0 Å². The molecule has 8 heteroatoms. The second-order valence-electron chi connectivity index (χ2n) is 8.34. The number of oxime groups is 1. The van der Waals surface area contributed by atoms with Gasteiger partial charge in [0.2, 0.25) is 5.91 Å². The van der Waals surface area contributed by atoms with Crippen molar-refractivity contribution in [2.45, 2.75) is 38.8 Å². The number of carbonyl (C=O) groups excluding carboxylic acids is 2. The first kappa shape index (κ1) is 19.7. The molecule has 2 atom stereocenters. The third-order valence-electron chi connectivity index (χ3n) is 5.88. The molecule has 7 nitrogen and oxygen atoms in total. The van der Waals surface area contributed by atoms with Gasteiger partial charge in [-0.2, -0.15) is 0 Å². The van der Waals surface area contributed by atoms with Crippen LogP contribution in [-0.2, 0) is 9.63 Å². The highest BCUT2D eigenvalue weighted by Gasteiger charge is 2.46. The van der Waals surface area contributed by atoms with Gasteiger partial charge in [-0.05, 0) is 51.0 Å². The number of halogens is 1. The second kappa shape index (κ2) is 8.00. The van der Waals surface area contributed by atoms with Crippen molar-refractivity contribution in [2.24, 2.45) is 17.0 Å². The Kier molecular flexibility index (Phi) is 5.43. The van der Waals surface area contributed by atoms with E-state index in [1.54, 1.807) is 4.90 Å². The number of amidine groups is 1. The van der Waals surface area contributed by atoms with Crippen LogP contribution in [0.2, 0.25) is 0 Å². The predicted octanol–water partition coefficient (Wildman–Crippen LogP) is 1.85. The molecular formula is C21H27FN4O3. The van der Waals surface area contributed by atoms with Gasteiger partial charge in [-0.15, -0.1) is 0 Å². The molecule has 3 aliphatic heterocycles. The predicted molar refractivity (Wildman–Crippen MR) is 106 cm³/mol. The summed E-state index contributed by atoms with van der Waals surface area (Å²) in [6.45, 7) is 6.46. The number of likely N-dealkylation sites (tertiary alicyclic amines) is 2. The van der Waals surface area contributed by atoms with E-state index < -0.39 is 0 Å². The molecule has 29 heavy (non-hydrogen) atoms. The van der Waals surface area contributed by atoms with Crippen LogP contribution >= 0.6 is 0 Å². The van der Waals surface area contributed by atoms with E-state index in [2.05, 4.69) is 15.4 Å². The van der Waals surface area contributed by atoms with Crippen molar-refractivity contribution < 1.29 is 18.8 Å². The van der Waals surface area contributed by atoms with Crippen LogP contribution in [0.25, 0.3) is 0 Å². The van der Waals surface area contributed by atoms with Gasteiger partial charge in [-0.3, -0.25) is 9.59 Å². The van der Waals surface area contributed by atoms with Crippen LogP contribution in [0.15, 0.2) is 29.4 Å². The van der Waals surface area contributed by atoms with Crippen molar-refractivity contribution in [2.75, 3.05) is 26.2 Å². The van der Waals surface area contributed by atoms with Crippen molar-refractivity contribution in [3.63, 3.8) is 0 Å². The zero-order valence-corrected chi connectivity index (χ0v) is 16.8. The highest BCUT2D eigenvalue weighted by Crippen LogP contribution is 2.31. The van der Waals surface area contributed by atoms with Gasteiger partial charge in [-0.25, -0.2) is 4.39 Å². The first-order valence-electron chi connectivity index (χ1n) is 10.3. The number of benzene rings is 1. The molecule has 3 aliphatic rings. The van der Waals surface area contributed by atoms with Gasteiger partial charge in [-0.1, -0.05) is 5.16 Å². The van der Waals surface area contributed by atoms with E-state index in [9.17, 15) is 14.0 Å². The molecule has 156 valence electrons. The van der Waals surface area contributed by atoms with E-state index in [4.69, 9.17) is 4.84 Å². The van der Waals surface area contributed by atoms with Gasteiger partial charge < -0.3 is 20.0 Å². The minimum atomic E-state index is -0.358. The summed E-state index contributed by atoms with van der Waals surface area (Å²) in [6.07, 6.45) is 1.43. The van der Waals surface area contributed by atoms with E-state index in [0.29, 0.717) is 18.7 Å². The van der Waals surface area contributed by atoms with Crippen LogP contribution in [0.1, 0.15) is 37.0 Å². The molecule has 2 fully saturated rings. The molecule has 0 saturated carbocycles. The summed E-state index contributed by atoms with van der Waals surface area (Å²) in [5.74, 6) is 0.605. The Morgan fingerprint density at radius 2 is 1.86 bits per heavy atom. The van der Waals surface area contributed by atoms with Crippen LogP contribution in [0.5, 0.6) is 0 Å². The zero-order chi connectivity index (χ0) is 20.5. The minimum absolute atomic E-state index is 0.0347. The molecule has 1 N–H and O–H groups in total. The normalized spacial score (nSPS) is 24.3. The Morgan fingerprint density at radius 1 is 1.17 bits per heavy atom. The first-order chi connectivity index (χ1) is 13.9. The number of nitrogens with one attached hydrogen (secondary N) is 1. The monoisotopic (exact) mass is 402 g/mol. The molecule has 1 aromatic rings. The summed E-state index contributed by atoms with van der Waals surface area (Å²) in [7, 11) is 0. The molecule has 2 saturated heterocycles. The Balaban J connectivity index is 1.34. The quantitative estimate of drug-likeness (QED) is 0.837. The molecule has 2 amide bonds. The Bertz CT molecular complexity index is 803. The third-order valence-corrected chi connectivity index (χ3v) is 5.88. The standard InChI is InChI=1S/C21H27FN4O3/c1-13(2)23-20(27)14-7-9-25(10-8-14)19-17-11-26(12-18(17)29-24-19)21(28)15-3-5-16(22)6-4-15/h3-6,13-14,17-18H,7-12H2,1-2H3,(H,23,27)/t17-,18-/m0/s1. The lowest BCUT2D eigenvalue weighted by Crippen LogP contribution is -2.46. The SMILES string of the molecule is CC(C)NC(=O)C1CCN(C2=NO[C@H]3CN(C(=O)c4ccc(F)cc4)C[C@H]23)CC1. The number of piperidine rings is 1. The average Bonchev–Trinajstić information content (AvgIpc) is 3.28. The van der Waals surface area contributed by atoms with E-state index in [0.717, 1.165) is 31.8 Å². The summed E-state index contributed by atoms with van der Waals surface area (Å²) in [6, 6.07) is 5.76. The smallest absolute Gasteiger partial charge is 0.254 e. The lowest BCUT2D eigenvalue weighted by atomic mass is 9.94. The molecule has 3 heterocycles. The first-order valence-corrected chi connectivity index (χ1v) is 10.3. The molecule has 0 unspecified atom stereocenters. The molecule has 0 bridgehead atoms. The van der Waals surface area contributed by atoms with Gasteiger partial charge in [0.05, 0.1) is 12.5 Å². The van der Waals surface area contributed by atoms with E-state index >= 15 is 0 Å². The van der Waals surface area contributed by atoms with Crippen molar-refractivity contribution in [3.05, 3.63) is 35.6 Å². The van der Waals surface area contributed by atoms with Gasteiger partial charge in [0.1, 0.15) is 5.82 Å². The largest absolute Gasteiger partial charge is 0.388 e. The van der Waals surface area contributed by atoms with Gasteiger partial charge in [0, 0.05) is 37.2 Å². The number of hydrogen-bond acceptors (Lipinski definition) is 5. The van der Waals surface area contributed by atoms with Crippen LogP contribution in [0, 0.1) is 17.7 Å². The summed E-state index contributed by atoms with van der Waals surface area (Å²) in [4.78, 5) is 34.5. The summed E-state index contributed by atoms with van der Waals surface area (Å²) >= 11 is 0. The number of fused-ring (bicyclic) bond motifs is 1. The van der Waals surface area contributed by atoms with Crippen LogP contribution < -0.4 is 5.32 Å². The summed E-state index contributed by atoms with van der Waals surface area (Å²) in [5.41, 5.74) is 0.474. The van der Waals surface area contributed by atoms with Crippen molar-refractivity contribution >= 4 is 17.6 Å². The molecule has 0 radical (unpaired) electrons. The summed E-state index contributed by atoms with van der Waals surface area (Å²) < 4.78 is 13.1. The van der Waals surface area contributed by atoms with Crippen molar-refractivity contribution in [3.8, 4) is 0 Å². The molecule has 0 spiro atoms. The summed E-state index contributed by atoms with van der Waals surface area (Å²) in [5, 5.41) is 7.29. The lowest BCUT2D eigenvalue weighted by molar-refractivity contribution is -0.126. The fraction of sp³-hybridized carbons (Fsp3) is 0.571. The fourth-order valence-electron chi connectivity index (χ4n) is 4.32. The second-order valence-corrected chi connectivity index (χ2v) is 8.34. The molecule has 1 aromatic carbocycles. The van der Waals surface area contributed by atoms with Gasteiger partial charge >= 0.3 is 0 Å².